The van der Waals surface area contributed by atoms with E-state index in [0.717, 1.165) is 47.3 Å². The summed E-state index contributed by atoms with van der Waals surface area (Å²) in [6.45, 7) is 4.39. The Hall–Kier alpha value is -2.06. The number of ketones is 1. The first-order valence-corrected chi connectivity index (χ1v) is 9.82. The molecule has 8 heteroatoms. The summed E-state index contributed by atoms with van der Waals surface area (Å²) in [4.78, 5) is 14.7. The van der Waals surface area contributed by atoms with Crippen molar-refractivity contribution in [2.45, 2.75) is 26.4 Å². The van der Waals surface area contributed by atoms with E-state index in [2.05, 4.69) is 21.2 Å². The monoisotopic (exact) mass is 390 g/mol. The van der Waals surface area contributed by atoms with Crippen molar-refractivity contribution in [2.75, 3.05) is 6.54 Å². The SMILES string of the molecule is Cc1[nH]nc(C[NH3+])[n+]1-c1sc2c(c1C(=O)c1ccccc1Cl)CC[NH2+]C2. The summed E-state index contributed by atoms with van der Waals surface area (Å²) in [6, 6.07) is 7.25. The van der Waals surface area contributed by atoms with Gasteiger partial charge in [-0.3, -0.25) is 4.79 Å². The number of quaternary nitrogens is 2. The highest BCUT2D eigenvalue weighted by atomic mass is 35.5. The van der Waals surface area contributed by atoms with Gasteiger partial charge in [-0.1, -0.05) is 35.1 Å². The zero-order valence-corrected chi connectivity index (χ0v) is 16.1. The van der Waals surface area contributed by atoms with Crippen LogP contribution >= 0.6 is 22.9 Å². The van der Waals surface area contributed by atoms with Crippen LogP contribution in [0.3, 0.4) is 0 Å². The first-order valence-electron chi connectivity index (χ1n) is 8.62. The van der Waals surface area contributed by atoms with Gasteiger partial charge < -0.3 is 11.1 Å². The van der Waals surface area contributed by atoms with Crippen molar-refractivity contribution in [1.82, 2.24) is 10.2 Å². The normalized spacial score (nSPS) is 13.7. The second-order valence-corrected chi connectivity index (χ2v) is 7.83. The second kappa shape index (κ2) is 6.92. The zero-order chi connectivity index (χ0) is 18.3. The van der Waals surface area contributed by atoms with E-state index in [4.69, 9.17) is 11.6 Å². The number of aromatic nitrogens is 3. The predicted molar refractivity (Wildman–Crippen MR) is 98.4 cm³/mol. The number of H-pyrrole nitrogens is 1. The highest BCUT2D eigenvalue weighted by Crippen LogP contribution is 2.33. The highest BCUT2D eigenvalue weighted by Gasteiger charge is 2.33. The van der Waals surface area contributed by atoms with E-state index < -0.39 is 0 Å². The van der Waals surface area contributed by atoms with Crippen LogP contribution in [0.4, 0.5) is 0 Å². The lowest BCUT2D eigenvalue weighted by Crippen LogP contribution is -2.84. The summed E-state index contributed by atoms with van der Waals surface area (Å²) in [5.74, 6) is 1.69. The maximum absolute atomic E-state index is 13.5. The molecule has 134 valence electrons. The standard InChI is InChI=1S/C18H18ClN5OS/c1-10-22-23-15(8-20)24(10)18-16(12-6-7-21-9-14(12)26-18)17(25)11-4-2-3-5-13(11)19/h2-5,21H,6-9,20H2,1H3/p+3. The van der Waals surface area contributed by atoms with Gasteiger partial charge in [0.15, 0.2) is 17.3 Å². The molecular weight excluding hydrogens is 370 g/mol. The van der Waals surface area contributed by atoms with Crippen LogP contribution in [0, 0.1) is 6.92 Å². The van der Waals surface area contributed by atoms with Crippen LogP contribution in [0.25, 0.3) is 5.00 Å². The number of nitrogens with zero attached hydrogens (tertiary/aromatic N) is 2. The molecule has 26 heavy (non-hydrogen) atoms. The van der Waals surface area contributed by atoms with Crippen LogP contribution in [-0.4, -0.2) is 22.5 Å². The number of fused-ring (bicyclic) bond motifs is 1. The van der Waals surface area contributed by atoms with Crippen LogP contribution in [-0.2, 0) is 19.5 Å². The maximum atomic E-state index is 13.5. The molecule has 0 radical (unpaired) electrons. The lowest BCUT2D eigenvalue weighted by Gasteiger charge is -2.12. The molecule has 1 aromatic carbocycles. The third-order valence-electron chi connectivity index (χ3n) is 4.71. The van der Waals surface area contributed by atoms with Crippen molar-refractivity contribution < 1.29 is 20.4 Å². The third-order valence-corrected chi connectivity index (χ3v) is 6.28. The second-order valence-electron chi connectivity index (χ2n) is 6.34. The number of aromatic amines is 1. The minimum atomic E-state index is -0.0203. The highest BCUT2D eigenvalue weighted by molar-refractivity contribution is 7.14. The van der Waals surface area contributed by atoms with E-state index in [1.54, 1.807) is 23.5 Å². The minimum Gasteiger partial charge on any atom is -0.349 e. The number of rotatable bonds is 4. The lowest BCUT2D eigenvalue weighted by molar-refractivity contribution is -0.672. The summed E-state index contributed by atoms with van der Waals surface area (Å²) in [6.07, 6.45) is 0.883. The molecule has 3 aromatic rings. The van der Waals surface area contributed by atoms with E-state index in [9.17, 15) is 4.79 Å². The molecule has 0 bridgehead atoms. The quantitative estimate of drug-likeness (QED) is 0.441. The molecule has 0 atom stereocenters. The van der Waals surface area contributed by atoms with Gasteiger partial charge in [0.1, 0.15) is 6.54 Å². The molecule has 2 aromatic heterocycles. The summed E-state index contributed by atoms with van der Waals surface area (Å²) in [7, 11) is 0. The summed E-state index contributed by atoms with van der Waals surface area (Å²) < 4.78 is 2.03. The van der Waals surface area contributed by atoms with Gasteiger partial charge in [-0.15, -0.1) is 5.10 Å². The topological polar surface area (TPSA) is 93.9 Å². The summed E-state index contributed by atoms with van der Waals surface area (Å²) in [5, 5.41) is 11.0. The van der Waals surface area contributed by atoms with Gasteiger partial charge in [0, 0.05) is 24.0 Å². The van der Waals surface area contributed by atoms with Crippen molar-refractivity contribution in [3.05, 3.63) is 62.5 Å². The summed E-state index contributed by atoms with van der Waals surface area (Å²) in [5.41, 5.74) is 6.43. The Morgan fingerprint density at radius 3 is 3.04 bits per heavy atom. The molecule has 6 nitrogen and oxygen atoms in total. The first-order chi connectivity index (χ1) is 12.6. The molecule has 0 aliphatic carbocycles. The van der Waals surface area contributed by atoms with E-state index in [1.165, 1.54) is 4.88 Å². The Labute approximate surface area is 160 Å². The fourth-order valence-electron chi connectivity index (χ4n) is 3.45. The Kier molecular flexibility index (Phi) is 4.62. The fourth-order valence-corrected chi connectivity index (χ4v) is 5.09. The van der Waals surface area contributed by atoms with E-state index >= 15 is 0 Å². The smallest absolute Gasteiger partial charge is 0.337 e. The molecule has 1 aliphatic heterocycles. The number of carbonyl (C=O) groups excluding carboxylic acids is 1. The molecule has 1 aliphatic rings. The molecule has 4 rings (SSSR count). The molecular formula is C18H21ClN5OS+3. The van der Waals surface area contributed by atoms with Crippen LogP contribution in [0.2, 0.25) is 5.02 Å². The van der Waals surface area contributed by atoms with E-state index in [1.807, 2.05) is 23.6 Å². The number of thiophene rings is 1. The zero-order valence-electron chi connectivity index (χ0n) is 14.5. The largest absolute Gasteiger partial charge is 0.349 e. The van der Waals surface area contributed by atoms with Gasteiger partial charge in [0.05, 0.1) is 22.0 Å². The van der Waals surface area contributed by atoms with E-state index in [-0.39, 0.29) is 5.78 Å². The van der Waals surface area contributed by atoms with Gasteiger partial charge in [0.25, 0.3) is 0 Å². The number of halogens is 1. The van der Waals surface area contributed by atoms with Crippen molar-refractivity contribution in [1.29, 1.82) is 0 Å². The molecule has 0 saturated carbocycles. The van der Waals surface area contributed by atoms with E-state index in [0.29, 0.717) is 17.1 Å². The molecule has 0 fully saturated rings. The fraction of sp³-hybridized carbons (Fsp3) is 0.278. The van der Waals surface area contributed by atoms with Crippen molar-refractivity contribution >= 4 is 28.7 Å². The average molecular weight is 391 g/mol. The first kappa shape index (κ1) is 17.4. The number of hydrogen-bond donors (Lipinski definition) is 3. The molecule has 0 saturated heterocycles. The Balaban J connectivity index is 1.96. The number of nitrogens with one attached hydrogen (secondary N) is 1. The minimum absolute atomic E-state index is 0.0203. The van der Waals surface area contributed by atoms with Crippen molar-refractivity contribution in [2.24, 2.45) is 0 Å². The van der Waals surface area contributed by atoms with Gasteiger partial charge in [-0.2, -0.15) is 4.57 Å². The van der Waals surface area contributed by atoms with Gasteiger partial charge >= 0.3 is 5.82 Å². The van der Waals surface area contributed by atoms with Crippen LogP contribution in [0.1, 0.15) is 38.0 Å². The lowest BCUT2D eigenvalue weighted by atomic mass is 9.96. The Bertz CT molecular complexity index is 994. The molecule has 0 unspecified atom stereocenters. The number of benzene rings is 1. The average Bonchev–Trinajstić information content (AvgIpc) is 3.21. The predicted octanol–water partition coefficient (Wildman–Crippen LogP) is 0.302. The molecule has 6 N–H and O–H groups in total. The van der Waals surface area contributed by atoms with Crippen LogP contribution in [0.5, 0.6) is 0 Å². The van der Waals surface area contributed by atoms with Gasteiger partial charge in [0.2, 0.25) is 5.82 Å². The molecule has 0 spiro atoms. The third kappa shape index (κ3) is 2.77. The Morgan fingerprint density at radius 2 is 2.27 bits per heavy atom. The van der Waals surface area contributed by atoms with Crippen molar-refractivity contribution in [3.63, 3.8) is 0 Å². The number of carbonyl (C=O) groups is 1. The molecule has 0 amide bonds. The summed E-state index contributed by atoms with van der Waals surface area (Å²) >= 11 is 8.00. The number of nitrogens with two attached hydrogens (primary N) is 1. The number of aryl methyl sites for hydroxylation is 1. The van der Waals surface area contributed by atoms with Crippen LogP contribution < -0.4 is 15.6 Å². The van der Waals surface area contributed by atoms with Gasteiger partial charge in [-0.25, -0.2) is 0 Å². The molecule has 3 heterocycles. The van der Waals surface area contributed by atoms with Crippen molar-refractivity contribution in [3.8, 4) is 5.00 Å². The maximum Gasteiger partial charge on any atom is 0.337 e. The van der Waals surface area contributed by atoms with Crippen LogP contribution in [0.15, 0.2) is 24.3 Å². The van der Waals surface area contributed by atoms with Gasteiger partial charge in [-0.05, 0) is 17.7 Å². The number of hydrogen-bond acceptors (Lipinski definition) is 3. The Morgan fingerprint density at radius 1 is 1.46 bits per heavy atom.